The van der Waals surface area contributed by atoms with Crippen LogP contribution in [-0.2, 0) is 11.3 Å². The number of methoxy groups -OCH3 is 1. The van der Waals surface area contributed by atoms with Gasteiger partial charge in [-0.15, -0.1) is 0 Å². The van der Waals surface area contributed by atoms with Crippen LogP contribution in [0.4, 0.5) is 0 Å². The fourth-order valence-electron chi connectivity index (χ4n) is 2.36. The van der Waals surface area contributed by atoms with Gasteiger partial charge in [0.2, 0.25) is 0 Å². The van der Waals surface area contributed by atoms with Crippen molar-refractivity contribution >= 4 is 10.9 Å². The van der Waals surface area contributed by atoms with Crippen molar-refractivity contribution < 1.29 is 9.47 Å². The van der Waals surface area contributed by atoms with E-state index >= 15 is 0 Å². The molecule has 0 aliphatic heterocycles. The number of nitrogens with zero attached hydrogens (tertiary/aromatic N) is 1. The second kappa shape index (κ2) is 6.20. The van der Waals surface area contributed by atoms with Crippen molar-refractivity contribution in [3.8, 4) is 5.75 Å². The van der Waals surface area contributed by atoms with Gasteiger partial charge < -0.3 is 14.8 Å². The molecule has 1 heterocycles. The highest BCUT2D eigenvalue weighted by atomic mass is 16.7. The first-order valence-corrected chi connectivity index (χ1v) is 6.75. The van der Waals surface area contributed by atoms with Gasteiger partial charge in [-0.25, -0.2) is 0 Å². The predicted molar refractivity (Wildman–Crippen MR) is 81.2 cm³/mol. The van der Waals surface area contributed by atoms with Crippen LogP contribution in [-0.4, -0.2) is 25.9 Å². The molecule has 2 rings (SSSR count). The van der Waals surface area contributed by atoms with Gasteiger partial charge in [-0.3, -0.25) is 4.98 Å². The van der Waals surface area contributed by atoms with E-state index < -0.39 is 0 Å². The molecule has 0 aliphatic carbocycles. The van der Waals surface area contributed by atoms with Gasteiger partial charge in [0, 0.05) is 30.3 Å². The predicted octanol–water partition coefficient (Wildman–Crippen LogP) is 2.86. The molecule has 0 aliphatic rings. The molecular formula is C16H22N2O2. The third-order valence-electron chi connectivity index (χ3n) is 3.61. The Morgan fingerprint density at radius 1 is 1.20 bits per heavy atom. The quantitative estimate of drug-likeness (QED) is 0.851. The van der Waals surface area contributed by atoms with E-state index in [1.807, 2.05) is 14.0 Å². The van der Waals surface area contributed by atoms with Crippen molar-refractivity contribution in [2.75, 3.05) is 21.0 Å². The molecule has 0 spiro atoms. The standard InChI is InChI=1S/C16H22N2O2/c1-10-6-7-13-15(11(10)2)18-12(3)14(8-17-4)16(13)20-9-19-5/h6-7,17H,8-9H2,1-5H3. The van der Waals surface area contributed by atoms with E-state index in [1.165, 1.54) is 11.1 Å². The minimum atomic E-state index is 0.238. The number of rotatable bonds is 5. The summed E-state index contributed by atoms with van der Waals surface area (Å²) < 4.78 is 10.9. The maximum Gasteiger partial charge on any atom is 0.188 e. The highest BCUT2D eigenvalue weighted by Crippen LogP contribution is 2.33. The Morgan fingerprint density at radius 2 is 1.95 bits per heavy atom. The topological polar surface area (TPSA) is 43.4 Å². The molecule has 2 aromatic rings. The second-order valence-electron chi connectivity index (χ2n) is 4.99. The van der Waals surface area contributed by atoms with E-state index in [1.54, 1.807) is 7.11 Å². The first-order valence-electron chi connectivity index (χ1n) is 6.75. The average Bonchev–Trinajstić information content (AvgIpc) is 2.43. The van der Waals surface area contributed by atoms with Crippen molar-refractivity contribution in [3.63, 3.8) is 0 Å². The number of aromatic nitrogens is 1. The molecule has 108 valence electrons. The van der Waals surface area contributed by atoms with E-state index in [-0.39, 0.29) is 6.79 Å². The number of hydrogen-bond acceptors (Lipinski definition) is 4. The van der Waals surface area contributed by atoms with Crippen molar-refractivity contribution in [3.05, 3.63) is 34.5 Å². The zero-order valence-electron chi connectivity index (χ0n) is 12.8. The van der Waals surface area contributed by atoms with E-state index in [4.69, 9.17) is 14.5 Å². The number of aryl methyl sites for hydroxylation is 3. The molecule has 0 fully saturated rings. The van der Waals surface area contributed by atoms with Gasteiger partial charge in [0.25, 0.3) is 0 Å². The van der Waals surface area contributed by atoms with Gasteiger partial charge in [0.15, 0.2) is 6.79 Å². The maximum absolute atomic E-state index is 5.83. The Hall–Kier alpha value is -1.65. The van der Waals surface area contributed by atoms with Crippen LogP contribution < -0.4 is 10.1 Å². The Morgan fingerprint density at radius 3 is 2.60 bits per heavy atom. The molecule has 1 N–H and O–H groups in total. The summed E-state index contributed by atoms with van der Waals surface area (Å²) in [5.41, 5.74) is 5.52. The number of ether oxygens (including phenoxy) is 2. The van der Waals surface area contributed by atoms with Crippen LogP contribution in [0.3, 0.4) is 0 Å². The van der Waals surface area contributed by atoms with Crippen LogP contribution in [0.2, 0.25) is 0 Å². The van der Waals surface area contributed by atoms with Crippen LogP contribution in [0.25, 0.3) is 10.9 Å². The second-order valence-corrected chi connectivity index (χ2v) is 4.99. The van der Waals surface area contributed by atoms with Crippen LogP contribution in [0, 0.1) is 20.8 Å². The lowest BCUT2D eigenvalue weighted by atomic mass is 10.0. The highest BCUT2D eigenvalue weighted by Gasteiger charge is 2.15. The van der Waals surface area contributed by atoms with E-state index in [0.717, 1.165) is 34.5 Å². The molecular weight excluding hydrogens is 252 g/mol. The molecule has 0 atom stereocenters. The normalized spacial score (nSPS) is 11.1. The Labute approximate surface area is 120 Å². The molecule has 0 amide bonds. The molecule has 0 bridgehead atoms. The number of hydrogen-bond donors (Lipinski definition) is 1. The van der Waals surface area contributed by atoms with Gasteiger partial charge >= 0.3 is 0 Å². The molecule has 20 heavy (non-hydrogen) atoms. The number of fused-ring (bicyclic) bond motifs is 1. The summed E-state index contributed by atoms with van der Waals surface area (Å²) in [5.74, 6) is 0.867. The summed E-state index contributed by atoms with van der Waals surface area (Å²) in [5, 5.41) is 4.21. The zero-order valence-corrected chi connectivity index (χ0v) is 12.8. The first-order chi connectivity index (χ1) is 9.60. The number of nitrogens with one attached hydrogen (secondary N) is 1. The van der Waals surface area contributed by atoms with Crippen LogP contribution in [0.15, 0.2) is 12.1 Å². The molecule has 4 heteroatoms. The van der Waals surface area contributed by atoms with Crippen molar-refractivity contribution in [1.82, 2.24) is 10.3 Å². The summed E-state index contributed by atoms with van der Waals surface area (Å²) >= 11 is 0. The molecule has 0 saturated heterocycles. The Kier molecular flexibility index (Phi) is 4.57. The Balaban J connectivity index is 2.72. The summed E-state index contributed by atoms with van der Waals surface area (Å²) in [7, 11) is 3.55. The monoisotopic (exact) mass is 274 g/mol. The van der Waals surface area contributed by atoms with E-state index in [9.17, 15) is 0 Å². The average molecular weight is 274 g/mol. The maximum atomic E-state index is 5.83. The largest absolute Gasteiger partial charge is 0.466 e. The summed E-state index contributed by atoms with van der Waals surface area (Å²) in [6.45, 7) is 7.18. The molecule has 4 nitrogen and oxygen atoms in total. The van der Waals surface area contributed by atoms with Gasteiger partial charge in [-0.2, -0.15) is 0 Å². The minimum Gasteiger partial charge on any atom is -0.466 e. The SMILES string of the molecule is CNCc1c(C)nc2c(C)c(C)ccc2c1OCOC. The summed E-state index contributed by atoms with van der Waals surface area (Å²) in [6.07, 6.45) is 0. The van der Waals surface area contributed by atoms with E-state index in [0.29, 0.717) is 0 Å². The summed E-state index contributed by atoms with van der Waals surface area (Å²) in [6, 6.07) is 4.19. The lowest BCUT2D eigenvalue weighted by Gasteiger charge is -2.17. The van der Waals surface area contributed by atoms with E-state index in [2.05, 4.69) is 31.3 Å². The molecule has 1 aromatic carbocycles. The summed E-state index contributed by atoms with van der Waals surface area (Å²) in [4.78, 5) is 4.76. The lowest BCUT2D eigenvalue weighted by Crippen LogP contribution is -2.12. The van der Waals surface area contributed by atoms with Crippen molar-refractivity contribution in [2.45, 2.75) is 27.3 Å². The van der Waals surface area contributed by atoms with Gasteiger partial charge in [0.1, 0.15) is 5.75 Å². The smallest absolute Gasteiger partial charge is 0.188 e. The van der Waals surface area contributed by atoms with Gasteiger partial charge in [-0.05, 0) is 45.0 Å². The van der Waals surface area contributed by atoms with Crippen LogP contribution in [0.5, 0.6) is 5.75 Å². The lowest BCUT2D eigenvalue weighted by molar-refractivity contribution is 0.0514. The fourth-order valence-corrected chi connectivity index (χ4v) is 2.36. The minimum absolute atomic E-state index is 0.238. The Bertz CT molecular complexity index is 624. The third-order valence-corrected chi connectivity index (χ3v) is 3.61. The zero-order chi connectivity index (χ0) is 14.7. The van der Waals surface area contributed by atoms with Crippen LogP contribution in [0.1, 0.15) is 22.4 Å². The number of benzene rings is 1. The fraction of sp³-hybridized carbons (Fsp3) is 0.438. The number of pyridine rings is 1. The third kappa shape index (κ3) is 2.62. The van der Waals surface area contributed by atoms with Crippen molar-refractivity contribution in [1.29, 1.82) is 0 Å². The molecule has 0 radical (unpaired) electrons. The van der Waals surface area contributed by atoms with Crippen molar-refractivity contribution in [2.24, 2.45) is 0 Å². The van der Waals surface area contributed by atoms with Crippen LogP contribution >= 0.6 is 0 Å². The molecule has 1 aromatic heterocycles. The van der Waals surface area contributed by atoms with Gasteiger partial charge in [0.05, 0.1) is 5.52 Å². The van der Waals surface area contributed by atoms with Gasteiger partial charge in [-0.1, -0.05) is 6.07 Å². The first kappa shape index (κ1) is 14.8. The molecule has 0 unspecified atom stereocenters. The highest BCUT2D eigenvalue weighted by molar-refractivity contribution is 5.90. The molecule has 0 saturated carbocycles.